The molecule has 2 unspecified atom stereocenters. The van der Waals surface area contributed by atoms with Gasteiger partial charge < -0.3 is 0 Å². The van der Waals surface area contributed by atoms with Gasteiger partial charge in [-0.1, -0.05) is 48.5 Å². The largest absolute Gasteiger partial charge is 0.258 e. The highest BCUT2D eigenvalue weighted by Gasteiger charge is 2.91. The third-order valence-corrected chi connectivity index (χ3v) is 11.1. The zero-order chi connectivity index (χ0) is 15.7. The van der Waals surface area contributed by atoms with Gasteiger partial charge in [0.15, 0.2) is 0 Å². The van der Waals surface area contributed by atoms with Crippen LogP contribution in [0.1, 0.15) is 71.6 Å². The Morgan fingerprint density at radius 1 is 0.625 bits per heavy atom. The minimum absolute atomic E-state index is 0.0710. The summed E-state index contributed by atoms with van der Waals surface area (Å²) >= 11 is 0. The fourth-order valence-electron chi connectivity index (χ4n) is 7.82. The first-order chi connectivity index (χ1) is 11.8. The van der Waals surface area contributed by atoms with Crippen LogP contribution in [0, 0.1) is 0 Å². The Labute approximate surface area is 144 Å². The van der Waals surface area contributed by atoms with E-state index in [4.69, 9.17) is 0 Å². The molecule has 120 valence electrons. The van der Waals surface area contributed by atoms with E-state index in [9.17, 15) is 4.21 Å². The molecule has 2 heteroatoms. The molecule has 1 nitrogen and oxygen atoms in total. The summed E-state index contributed by atoms with van der Waals surface area (Å²) in [6.07, 6.45) is 5.02. The highest BCUT2D eigenvalue weighted by Crippen LogP contribution is 2.86. The fraction of sp³-hybridized carbons (Fsp3) is 0.455. The molecule has 1 aliphatic heterocycles. The fourth-order valence-corrected chi connectivity index (χ4v) is 11.2. The van der Waals surface area contributed by atoms with Gasteiger partial charge in [-0.2, -0.15) is 0 Å². The quantitative estimate of drug-likeness (QED) is 0.646. The van der Waals surface area contributed by atoms with Gasteiger partial charge in [-0.15, -0.1) is 0 Å². The number of fused-ring (bicyclic) bond motifs is 6. The van der Waals surface area contributed by atoms with Gasteiger partial charge in [0.1, 0.15) is 0 Å². The molecule has 4 bridgehead atoms. The van der Waals surface area contributed by atoms with E-state index >= 15 is 0 Å². The summed E-state index contributed by atoms with van der Waals surface area (Å²) in [5.74, 6) is 2.21. The number of hydrogen-bond acceptors (Lipinski definition) is 1. The van der Waals surface area contributed by atoms with Gasteiger partial charge in [0.2, 0.25) is 0 Å². The minimum atomic E-state index is -0.677. The van der Waals surface area contributed by atoms with Crippen LogP contribution in [0.25, 0.3) is 0 Å². The van der Waals surface area contributed by atoms with Gasteiger partial charge in [0, 0.05) is 34.5 Å². The van der Waals surface area contributed by atoms with Crippen molar-refractivity contribution in [3.63, 3.8) is 0 Å². The van der Waals surface area contributed by atoms with Gasteiger partial charge in [-0.3, -0.25) is 4.21 Å². The molecule has 0 amide bonds. The lowest BCUT2D eigenvalue weighted by molar-refractivity contribution is 0.438. The van der Waals surface area contributed by atoms with Crippen molar-refractivity contribution in [2.75, 3.05) is 0 Å². The predicted molar refractivity (Wildman–Crippen MR) is 95.9 cm³/mol. The van der Waals surface area contributed by atoms with Crippen molar-refractivity contribution in [3.05, 3.63) is 70.8 Å². The molecule has 5 aliphatic rings. The van der Waals surface area contributed by atoms with Crippen LogP contribution in [0.2, 0.25) is 0 Å². The van der Waals surface area contributed by atoms with Crippen LogP contribution in [0.3, 0.4) is 0 Å². The van der Waals surface area contributed by atoms with Crippen molar-refractivity contribution in [1.82, 2.24) is 0 Å². The monoisotopic (exact) mass is 332 g/mol. The smallest absolute Gasteiger partial charge is 0.0785 e. The van der Waals surface area contributed by atoms with E-state index < -0.39 is 10.8 Å². The van der Waals surface area contributed by atoms with Crippen molar-refractivity contribution < 1.29 is 4.21 Å². The van der Waals surface area contributed by atoms with E-state index in [-0.39, 0.29) is 9.49 Å². The SMILES string of the molecule is O=S1C2([C@@H]3CC[C@H]2c2ccccc23)C12[C@@H]1CC[C@H]2c2ccccc21. The first-order valence-electron chi connectivity index (χ1n) is 9.42. The number of hydrogen-bond donors (Lipinski definition) is 0. The summed E-state index contributed by atoms with van der Waals surface area (Å²) < 4.78 is 14.0. The Hall–Kier alpha value is -1.41. The summed E-state index contributed by atoms with van der Waals surface area (Å²) in [6, 6.07) is 18.0. The molecular formula is C22H20OS. The molecule has 2 aromatic carbocycles. The molecule has 1 saturated heterocycles. The lowest BCUT2D eigenvalue weighted by atomic mass is 9.75. The maximum atomic E-state index is 13.8. The summed E-state index contributed by atoms with van der Waals surface area (Å²) in [4.78, 5) is 0. The van der Waals surface area contributed by atoms with Gasteiger partial charge in [-0.25, -0.2) is 0 Å². The zero-order valence-corrected chi connectivity index (χ0v) is 14.4. The van der Waals surface area contributed by atoms with Crippen LogP contribution in [-0.2, 0) is 10.8 Å². The highest BCUT2D eigenvalue weighted by atomic mass is 32.2. The van der Waals surface area contributed by atoms with E-state index in [0.717, 1.165) is 0 Å². The molecule has 3 fully saturated rings. The van der Waals surface area contributed by atoms with Crippen LogP contribution in [0.4, 0.5) is 0 Å². The van der Waals surface area contributed by atoms with Crippen molar-refractivity contribution in [2.45, 2.75) is 58.8 Å². The van der Waals surface area contributed by atoms with E-state index in [1.54, 1.807) is 0 Å². The third-order valence-electron chi connectivity index (χ3n) is 8.23. The molecule has 2 spiro atoms. The van der Waals surface area contributed by atoms with Crippen molar-refractivity contribution in [1.29, 1.82) is 0 Å². The van der Waals surface area contributed by atoms with Crippen LogP contribution in [-0.4, -0.2) is 13.7 Å². The summed E-state index contributed by atoms with van der Waals surface area (Å²) in [6.45, 7) is 0. The van der Waals surface area contributed by atoms with Gasteiger partial charge >= 0.3 is 0 Å². The first-order valence-corrected chi connectivity index (χ1v) is 10.6. The summed E-state index contributed by atoms with van der Waals surface area (Å²) in [5.41, 5.74) is 6.15. The highest BCUT2D eigenvalue weighted by molar-refractivity contribution is 7.96. The van der Waals surface area contributed by atoms with E-state index in [2.05, 4.69) is 48.5 Å². The Morgan fingerprint density at radius 2 is 0.917 bits per heavy atom. The minimum Gasteiger partial charge on any atom is -0.258 e. The molecule has 2 aromatic rings. The van der Waals surface area contributed by atoms with Crippen LogP contribution < -0.4 is 0 Å². The molecule has 0 aromatic heterocycles. The zero-order valence-electron chi connectivity index (χ0n) is 13.6. The van der Waals surface area contributed by atoms with E-state index in [1.807, 2.05) is 0 Å². The van der Waals surface area contributed by atoms with Crippen molar-refractivity contribution >= 4 is 10.8 Å². The summed E-state index contributed by atoms with van der Waals surface area (Å²) in [5, 5.41) is 0. The average Bonchev–Trinajstić information content (AvgIpc) is 3.11. The van der Waals surface area contributed by atoms with Crippen LogP contribution >= 0.6 is 0 Å². The maximum Gasteiger partial charge on any atom is 0.0785 e. The summed E-state index contributed by atoms with van der Waals surface area (Å²) in [7, 11) is -0.677. The molecule has 6 atom stereocenters. The van der Waals surface area contributed by atoms with E-state index in [0.29, 0.717) is 23.7 Å². The van der Waals surface area contributed by atoms with Crippen LogP contribution in [0.5, 0.6) is 0 Å². The molecule has 24 heavy (non-hydrogen) atoms. The third kappa shape index (κ3) is 0.984. The van der Waals surface area contributed by atoms with Crippen LogP contribution in [0.15, 0.2) is 48.5 Å². The Kier molecular flexibility index (Phi) is 2.00. The predicted octanol–water partition coefficient (Wildman–Crippen LogP) is 4.58. The lowest BCUT2D eigenvalue weighted by Crippen LogP contribution is -2.31. The second-order valence-corrected chi connectivity index (χ2v) is 10.4. The lowest BCUT2D eigenvalue weighted by Gasteiger charge is -2.22. The van der Waals surface area contributed by atoms with Gasteiger partial charge in [0.25, 0.3) is 0 Å². The normalized spacial score (nSPS) is 48.2. The van der Waals surface area contributed by atoms with Gasteiger partial charge in [0.05, 0.1) is 9.49 Å². The molecular weight excluding hydrogens is 312 g/mol. The second-order valence-electron chi connectivity index (χ2n) is 8.48. The Balaban J connectivity index is 1.49. The molecule has 0 N–H and O–H groups in total. The Morgan fingerprint density at radius 3 is 1.21 bits per heavy atom. The van der Waals surface area contributed by atoms with Crippen molar-refractivity contribution in [3.8, 4) is 0 Å². The number of benzene rings is 2. The molecule has 7 rings (SSSR count). The molecule has 4 aliphatic carbocycles. The molecule has 1 heterocycles. The molecule has 0 radical (unpaired) electrons. The van der Waals surface area contributed by atoms with Gasteiger partial charge in [-0.05, 0) is 47.9 Å². The standard InChI is InChI=1S/C22H20OS/c23-24-21(17-9-10-18(21)14-6-2-1-5-13(14)17)22(24)19-11-12-20(22)16-8-4-3-7-15(16)19/h1-8,17-20H,9-12H2/t17-,18+,19-,20+,21?,22?,24?. The van der Waals surface area contributed by atoms with Crippen molar-refractivity contribution in [2.24, 2.45) is 0 Å². The van der Waals surface area contributed by atoms with E-state index in [1.165, 1.54) is 47.9 Å². The topological polar surface area (TPSA) is 17.1 Å². The average molecular weight is 332 g/mol. The maximum absolute atomic E-state index is 13.8. The first kappa shape index (κ1) is 12.9. The Bertz CT molecular complexity index is 807. The number of rotatable bonds is 0. The second kappa shape index (κ2) is 3.72. The molecule has 2 saturated carbocycles.